The Labute approximate surface area is 246 Å². The highest BCUT2D eigenvalue weighted by molar-refractivity contribution is 5.02. The number of hydrogen-bond donors (Lipinski definition) is 0. The average Bonchev–Trinajstić information content (AvgIpc) is 3.31. The second kappa shape index (κ2) is 27.1. The first-order chi connectivity index (χ1) is 19.2. The van der Waals surface area contributed by atoms with Gasteiger partial charge in [-0.1, -0.05) is 146 Å². The van der Waals surface area contributed by atoms with Crippen molar-refractivity contribution in [1.82, 2.24) is 4.90 Å². The molecule has 1 atom stereocenters. The van der Waals surface area contributed by atoms with Crippen molar-refractivity contribution < 1.29 is 0 Å². The molecular formula is C38H69N. The lowest BCUT2D eigenvalue weighted by Crippen LogP contribution is -2.25. The summed E-state index contributed by atoms with van der Waals surface area (Å²) in [5.74, 6) is 0. The minimum absolute atomic E-state index is 0.636. The highest BCUT2D eigenvalue weighted by Gasteiger charge is 2.35. The number of rotatable bonds is 27. The monoisotopic (exact) mass is 540 g/mol. The first kappa shape index (κ1) is 35.9. The smallest absolute Gasteiger partial charge is 0.00354 e. The van der Waals surface area contributed by atoms with Crippen LogP contribution >= 0.6 is 0 Å². The summed E-state index contributed by atoms with van der Waals surface area (Å²) in [5.41, 5.74) is 0.636. The van der Waals surface area contributed by atoms with Gasteiger partial charge < -0.3 is 4.90 Å². The molecule has 0 aliphatic carbocycles. The molecule has 1 aliphatic heterocycles. The molecule has 0 amide bonds. The molecule has 1 aliphatic rings. The Kier molecular flexibility index (Phi) is 25.0. The van der Waals surface area contributed by atoms with E-state index >= 15 is 0 Å². The van der Waals surface area contributed by atoms with Crippen molar-refractivity contribution in [2.45, 2.75) is 168 Å². The van der Waals surface area contributed by atoms with Crippen molar-refractivity contribution in [2.75, 3.05) is 20.1 Å². The van der Waals surface area contributed by atoms with Gasteiger partial charge in [-0.3, -0.25) is 0 Å². The van der Waals surface area contributed by atoms with Gasteiger partial charge in [0.1, 0.15) is 0 Å². The Morgan fingerprint density at radius 2 is 0.974 bits per heavy atom. The Morgan fingerprint density at radius 1 is 0.513 bits per heavy atom. The van der Waals surface area contributed by atoms with Crippen molar-refractivity contribution in [2.24, 2.45) is 5.41 Å². The summed E-state index contributed by atoms with van der Waals surface area (Å²) >= 11 is 0. The molecule has 1 heteroatoms. The van der Waals surface area contributed by atoms with Gasteiger partial charge in [0.2, 0.25) is 0 Å². The number of nitrogens with zero attached hydrogens (tertiary/aromatic N) is 1. The largest absolute Gasteiger partial charge is 0.306 e. The second-order valence-electron chi connectivity index (χ2n) is 12.6. The third kappa shape index (κ3) is 22.3. The Bertz CT molecular complexity index is 627. The topological polar surface area (TPSA) is 3.24 Å². The van der Waals surface area contributed by atoms with Crippen LogP contribution in [-0.4, -0.2) is 25.0 Å². The maximum absolute atomic E-state index is 2.60. The maximum atomic E-state index is 2.60. The summed E-state index contributed by atoms with van der Waals surface area (Å²) < 4.78 is 0. The second-order valence-corrected chi connectivity index (χ2v) is 12.6. The van der Waals surface area contributed by atoms with Crippen LogP contribution in [0.15, 0.2) is 48.6 Å². The number of allylic oxidation sites excluding steroid dienone is 8. The molecule has 0 aromatic rings. The third-order valence-corrected chi connectivity index (χ3v) is 8.72. The average molecular weight is 540 g/mol. The van der Waals surface area contributed by atoms with E-state index in [0.717, 1.165) is 6.42 Å². The van der Waals surface area contributed by atoms with Crippen molar-refractivity contribution in [3.05, 3.63) is 48.6 Å². The fraction of sp³-hybridized carbons (Fsp3) is 0.789. The van der Waals surface area contributed by atoms with Gasteiger partial charge in [-0.15, -0.1) is 0 Å². The van der Waals surface area contributed by atoms with E-state index in [9.17, 15) is 0 Å². The highest BCUT2D eigenvalue weighted by atomic mass is 15.1. The molecule has 1 fully saturated rings. The molecule has 0 aromatic heterocycles. The minimum Gasteiger partial charge on any atom is -0.306 e. The molecule has 1 saturated heterocycles. The van der Waals surface area contributed by atoms with Crippen LogP contribution in [0.5, 0.6) is 0 Å². The van der Waals surface area contributed by atoms with Crippen molar-refractivity contribution in [3.63, 3.8) is 0 Å². The normalized spacial score (nSPS) is 18.7. The standard InChI is InChI=1S/C38H69N/c1-4-6-8-10-12-14-16-18-20-22-24-26-28-30-32-34-38(35-36-39(3)37-38)33-31-29-27-25-23-21-19-17-15-13-11-9-7-5-2/h11-14,16-19H,4-10,15,20-37H2,1-3H3/b13-11+,14-12-,18-16+,19-17+. The van der Waals surface area contributed by atoms with E-state index in [1.807, 2.05) is 0 Å². The van der Waals surface area contributed by atoms with Gasteiger partial charge in [-0.2, -0.15) is 0 Å². The predicted molar refractivity (Wildman–Crippen MR) is 179 cm³/mol. The Hall–Kier alpha value is -1.08. The summed E-state index contributed by atoms with van der Waals surface area (Å²) in [4.78, 5) is 2.60. The molecule has 0 spiro atoms. The molecule has 0 N–H and O–H groups in total. The summed E-state index contributed by atoms with van der Waals surface area (Å²) in [6.07, 6.45) is 51.5. The SMILES string of the molecule is CCCC/C=C/C/C=C/CCCCCCCC1(CCCCCCCC/C=C/C=C\CCCCC)CCN(C)C1. The first-order valence-corrected chi connectivity index (χ1v) is 17.5. The van der Waals surface area contributed by atoms with E-state index in [4.69, 9.17) is 0 Å². The van der Waals surface area contributed by atoms with Crippen LogP contribution in [0.1, 0.15) is 168 Å². The van der Waals surface area contributed by atoms with Crippen LogP contribution in [-0.2, 0) is 0 Å². The lowest BCUT2D eigenvalue weighted by molar-refractivity contribution is 0.224. The van der Waals surface area contributed by atoms with E-state index in [0.29, 0.717) is 5.41 Å². The quantitative estimate of drug-likeness (QED) is 0.0570. The summed E-state index contributed by atoms with van der Waals surface area (Å²) in [5, 5.41) is 0. The molecular weight excluding hydrogens is 470 g/mol. The van der Waals surface area contributed by atoms with Gasteiger partial charge in [0.25, 0.3) is 0 Å². The van der Waals surface area contributed by atoms with E-state index in [1.165, 1.54) is 161 Å². The molecule has 0 bridgehead atoms. The van der Waals surface area contributed by atoms with Gasteiger partial charge >= 0.3 is 0 Å². The van der Waals surface area contributed by atoms with Gasteiger partial charge in [-0.25, -0.2) is 0 Å². The zero-order chi connectivity index (χ0) is 28.1. The van der Waals surface area contributed by atoms with Gasteiger partial charge in [0, 0.05) is 6.54 Å². The molecule has 226 valence electrons. The first-order valence-electron chi connectivity index (χ1n) is 17.5. The third-order valence-electron chi connectivity index (χ3n) is 8.72. The number of hydrogen-bond acceptors (Lipinski definition) is 1. The Morgan fingerprint density at radius 3 is 1.49 bits per heavy atom. The molecule has 1 heterocycles. The van der Waals surface area contributed by atoms with Crippen molar-refractivity contribution >= 4 is 0 Å². The zero-order valence-corrected chi connectivity index (χ0v) is 27.0. The van der Waals surface area contributed by atoms with Gasteiger partial charge in [0.15, 0.2) is 0 Å². The van der Waals surface area contributed by atoms with Gasteiger partial charge in [0.05, 0.1) is 0 Å². The van der Waals surface area contributed by atoms with E-state index < -0.39 is 0 Å². The van der Waals surface area contributed by atoms with Crippen LogP contribution in [0.4, 0.5) is 0 Å². The van der Waals surface area contributed by atoms with Crippen LogP contribution in [0.25, 0.3) is 0 Å². The van der Waals surface area contributed by atoms with E-state index in [-0.39, 0.29) is 0 Å². The van der Waals surface area contributed by atoms with Crippen molar-refractivity contribution in [3.8, 4) is 0 Å². The van der Waals surface area contributed by atoms with Crippen LogP contribution in [0, 0.1) is 5.41 Å². The minimum atomic E-state index is 0.636. The number of likely N-dealkylation sites (tertiary alicyclic amines) is 1. The highest BCUT2D eigenvalue weighted by Crippen LogP contribution is 2.40. The summed E-state index contributed by atoms with van der Waals surface area (Å²) in [6.45, 7) is 7.21. The summed E-state index contributed by atoms with van der Waals surface area (Å²) in [6, 6.07) is 0. The number of unbranched alkanes of at least 4 members (excludes halogenated alkanes) is 16. The summed E-state index contributed by atoms with van der Waals surface area (Å²) in [7, 11) is 2.34. The fourth-order valence-corrected chi connectivity index (χ4v) is 6.14. The fourth-order valence-electron chi connectivity index (χ4n) is 6.14. The molecule has 0 saturated carbocycles. The molecule has 0 radical (unpaired) electrons. The van der Waals surface area contributed by atoms with Crippen LogP contribution < -0.4 is 0 Å². The molecule has 1 unspecified atom stereocenters. The lowest BCUT2D eigenvalue weighted by atomic mass is 9.77. The van der Waals surface area contributed by atoms with Crippen LogP contribution in [0.2, 0.25) is 0 Å². The molecule has 1 nitrogen and oxygen atoms in total. The van der Waals surface area contributed by atoms with Gasteiger partial charge in [-0.05, 0) is 89.6 Å². The van der Waals surface area contributed by atoms with E-state index in [1.54, 1.807) is 0 Å². The Balaban J connectivity index is 2.02. The molecule has 0 aromatic carbocycles. The van der Waals surface area contributed by atoms with E-state index in [2.05, 4.69) is 74.4 Å². The molecule has 1 rings (SSSR count). The molecule has 39 heavy (non-hydrogen) atoms. The van der Waals surface area contributed by atoms with Crippen LogP contribution in [0.3, 0.4) is 0 Å². The maximum Gasteiger partial charge on any atom is 0.00354 e. The van der Waals surface area contributed by atoms with Crippen molar-refractivity contribution in [1.29, 1.82) is 0 Å². The predicted octanol–water partition coefficient (Wildman–Crippen LogP) is 12.5. The zero-order valence-electron chi connectivity index (χ0n) is 27.0. The lowest BCUT2D eigenvalue weighted by Gasteiger charge is -2.29.